The number of hydrogen-bond donors (Lipinski definition) is 2. The fourth-order valence-electron chi connectivity index (χ4n) is 6.94. The van der Waals surface area contributed by atoms with E-state index in [-0.39, 0.29) is 40.5 Å². The molecule has 6 rings (SSSR count). The number of rotatable bonds is 14. The number of piperazine rings is 1. The Bertz CT molecular complexity index is 1940. The molecule has 12 nitrogen and oxygen atoms in total. The Labute approximate surface area is 323 Å². The highest BCUT2D eigenvalue weighted by atomic mass is 19.1. The number of likely N-dealkylation sites (tertiary alicyclic amines) is 1. The van der Waals surface area contributed by atoms with Crippen molar-refractivity contribution in [3.8, 4) is 23.1 Å². The molecule has 3 aromatic carbocycles. The molecule has 292 valence electrons. The number of para-hydroxylation sites is 1. The molecule has 2 amide bonds. The lowest BCUT2D eigenvalue weighted by atomic mass is 10.1. The fraction of sp³-hybridized carbons (Fsp3) is 0.429. The van der Waals surface area contributed by atoms with Crippen LogP contribution in [0.5, 0.6) is 23.1 Å². The minimum Gasteiger partial charge on any atom is -0.493 e. The summed E-state index contributed by atoms with van der Waals surface area (Å²) in [5, 5.41) is 5.99. The number of anilines is 3. The van der Waals surface area contributed by atoms with Gasteiger partial charge in [-0.3, -0.25) is 14.5 Å². The largest absolute Gasteiger partial charge is 0.493 e. The van der Waals surface area contributed by atoms with E-state index in [1.54, 1.807) is 30.3 Å². The van der Waals surface area contributed by atoms with Gasteiger partial charge in [-0.2, -0.15) is 4.98 Å². The summed E-state index contributed by atoms with van der Waals surface area (Å²) in [5.41, 5.74) is 3.33. The van der Waals surface area contributed by atoms with Crippen molar-refractivity contribution in [1.82, 2.24) is 24.7 Å². The monoisotopic (exact) mass is 753 g/mol. The first-order chi connectivity index (χ1) is 26.6. The van der Waals surface area contributed by atoms with Gasteiger partial charge >= 0.3 is 0 Å². The predicted octanol–water partition coefficient (Wildman–Crippen LogP) is 7.45. The topological polar surface area (TPSA) is 121 Å². The van der Waals surface area contributed by atoms with E-state index in [1.165, 1.54) is 38.6 Å². The van der Waals surface area contributed by atoms with Crippen molar-refractivity contribution >= 4 is 29.1 Å². The average Bonchev–Trinajstić information content (AvgIpc) is 3.19. The first-order valence-corrected chi connectivity index (χ1v) is 19.1. The summed E-state index contributed by atoms with van der Waals surface area (Å²) in [7, 11) is 1.48. The van der Waals surface area contributed by atoms with Gasteiger partial charge in [0.1, 0.15) is 5.56 Å². The predicted molar refractivity (Wildman–Crippen MR) is 212 cm³/mol. The molecule has 2 saturated heterocycles. The molecule has 0 saturated carbocycles. The van der Waals surface area contributed by atoms with Crippen LogP contribution in [0.3, 0.4) is 0 Å². The maximum atomic E-state index is 15.1. The molecule has 3 heterocycles. The van der Waals surface area contributed by atoms with E-state index in [2.05, 4.69) is 44.2 Å². The summed E-state index contributed by atoms with van der Waals surface area (Å²) >= 11 is 0. The van der Waals surface area contributed by atoms with Crippen LogP contribution in [0.25, 0.3) is 0 Å². The number of piperidine rings is 1. The third-order valence-electron chi connectivity index (χ3n) is 10.2. The lowest BCUT2D eigenvalue weighted by molar-refractivity contribution is 0.0595. The Morgan fingerprint density at radius 3 is 2.31 bits per heavy atom. The molecule has 1 aromatic heterocycles. The van der Waals surface area contributed by atoms with Gasteiger partial charge in [0.25, 0.3) is 11.8 Å². The van der Waals surface area contributed by atoms with Crippen LogP contribution in [0, 0.1) is 19.7 Å². The van der Waals surface area contributed by atoms with Crippen molar-refractivity contribution in [3.63, 3.8) is 0 Å². The van der Waals surface area contributed by atoms with Crippen molar-refractivity contribution in [2.45, 2.75) is 59.4 Å². The van der Waals surface area contributed by atoms with Crippen LogP contribution in [0.2, 0.25) is 0 Å². The van der Waals surface area contributed by atoms with Gasteiger partial charge < -0.3 is 34.6 Å². The third-order valence-corrected chi connectivity index (χ3v) is 10.2. The second-order valence-electron chi connectivity index (χ2n) is 14.4. The molecule has 2 aliphatic rings. The summed E-state index contributed by atoms with van der Waals surface area (Å²) in [6.45, 7) is 14.6. The smallest absolute Gasteiger partial charge is 0.262 e. The zero-order valence-electron chi connectivity index (χ0n) is 32.5. The Morgan fingerprint density at radius 1 is 0.891 bits per heavy atom. The summed E-state index contributed by atoms with van der Waals surface area (Å²) in [5.74, 6) is -0.423. The van der Waals surface area contributed by atoms with Crippen molar-refractivity contribution in [2.75, 3.05) is 70.2 Å². The van der Waals surface area contributed by atoms with Crippen LogP contribution in [-0.2, 0) is 0 Å². The van der Waals surface area contributed by atoms with Crippen LogP contribution in [-0.4, -0.2) is 102 Å². The molecule has 2 aliphatic heterocycles. The molecular formula is C42H52FN7O5. The summed E-state index contributed by atoms with van der Waals surface area (Å²) < 4.78 is 32.9. The minimum atomic E-state index is -0.523. The van der Waals surface area contributed by atoms with Gasteiger partial charge in [0.05, 0.1) is 13.7 Å². The second-order valence-corrected chi connectivity index (χ2v) is 14.4. The summed E-state index contributed by atoms with van der Waals surface area (Å²) in [6.07, 6.45) is 5.91. The van der Waals surface area contributed by atoms with E-state index in [4.69, 9.17) is 14.2 Å². The molecule has 0 atom stereocenters. The zero-order valence-corrected chi connectivity index (χ0v) is 32.5. The van der Waals surface area contributed by atoms with Crippen LogP contribution in [0.4, 0.5) is 21.7 Å². The number of nitrogens with one attached hydrogen (secondary N) is 2. The highest BCUT2D eigenvalue weighted by molar-refractivity contribution is 6.06. The Balaban J connectivity index is 1.20. The summed E-state index contributed by atoms with van der Waals surface area (Å²) in [4.78, 5) is 42.8. The van der Waals surface area contributed by atoms with Crippen LogP contribution < -0.4 is 24.8 Å². The van der Waals surface area contributed by atoms with Gasteiger partial charge in [-0.05, 0) is 102 Å². The number of nitrogens with zero attached hydrogens (tertiary/aromatic N) is 5. The quantitative estimate of drug-likeness (QED) is 0.126. The molecule has 2 N–H and O–H groups in total. The number of carbonyl (C=O) groups excluding carboxylic acids is 2. The van der Waals surface area contributed by atoms with E-state index in [0.29, 0.717) is 42.7 Å². The molecule has 2 fully saturated rings. The van der Waals surface area contributed by atoms with Crippen molar-refractivity contribution in [1.29, 1.82) is 0 Å². The van der Waals surface area contributed by atoms with Gasteiger partial charge in [0.2, 0.25) is 11.8 Å². The lowest BCUT2D eigenvalue weighted by Gasteiger charge is -2.37. The Kier molecular flexibility index (Phi) is 13.2. The first kappa shape index (κ1) is 39.4. The third kappa shape index (κ3) is 10.1. The van der Waals surface area contributed by atoms with Gasteiger partial charge in [-0.1, -0.05) is 24.6 Å². The number of amides is 2. The van der Waals surface area contributed by atoms with E-state index in [9.17, 15) is 9.59 Å². The SMILES string of the molecule is COc1cc(C(=O)N2CCN(C(C)C)CC2)ccc1Oc1nc(Nc2ccc(OCCCN3CCCCC3)c(F)c2)ncc1C(=O)Nc1c(C)cccc1C. The molecule has 0 aliphatic carbocycles. The maximum Gasteiger partial charge on any atom is 0.262 e. The maximum absolute atomic E-state index is 15.1. The van der Waals surface area contributed by atoms with E-state index in [0.717, 1.165) is 50.3 Å². The number of aryl methyl sites for hydroxylation is 2. The second kappa shape index (κ2) is 18.4. The first-order valence-electron chi connectivity index (χ1n) is 19.1. The van der Waals surface area contributed by atoms with Gasteiger partial charge in [0.15, 0.2) is 23.1 Å². The normalized spacial score (nSPS) is 15.1. The molecule has 4 aromatic rings. The number of benzene rings is 3. The number of hydrogen-bond acceptors (Lipinski definition) is 10. The van der Waals surface area contributed by atoms with Crippen molar-refractivity contribution < 1.29 is 28.2 Å². The molecule has 0 radical (unpaired) electrons. The Hall–Kier alpha value is -5.27. The number of ether oxygens (including phenoxy) is 3. The van der Waals surface area contributed by atoms with Crippen LogP contribution in [0.15, 0.2) is 60.8 Å². The minimum absolute atomic E-state index is 0.0536. The van der Waals surface area contributed by atoms with Crippen LogP contribution >= 0.6 is 0 Å². The van der Waals surface area contributed by atoms with Gasteiger partial charge in [-0.25, -0.2) is 9.37 Å². The van der Waals surface area contributed by atoms with Crippen LogP contribution in [0.1, 0.15) is 71.4 Å². The molecule has 0 bridgehead atoms. The zero-order chi connectivity index (χ0) is 38.9. The number of halogens is 1. The molecule has 55 heavy (non-hydrogen) atoms. The fourth-order valence-corrected chi connectivity index (χ4v) is 6.94. The average molecular weight is 754 g/mol. The van der Waals surface area contributed by atoms with Gasteiger partial charge in [-0.15, -0.1) is 0 Å². The molecule has 13 heteroatoms. The molecular weight excluding hydrogens is 702 g/mol. The lowest BCUT2D eigenvalue weighted by Crippen LogP contribution is -2.50. The molecule has 0 spiro atoms. The number of aromatic nitrogens is 2. The van der Waals surface area contributed by atoms with E-state index >= 15 is 4.39 Å². The van der Waals surface area contributed by atoms with Crippen molar-refractivity contribution in [3.05, 3.63) is 88.9 Å². The standard InChI is InChI=1S/C42H52FN7O5/c1-28(2)49-20-22-50(23-21-49)41(52)31-13-15-36(37(25-31)53-5)55-40-33(39(51)46-38-29(3)11-9-12-30(38)4)27-44-42(47-40)45-32-14-16-35(34(43)26-32)54-24-10-19-48-17-7-6-8-18-48/h9,11-16,25-28H,6-8,10,17-24H2,1-5H3,(H,46,51)(H,44,45,47). The summed E-state index contributed by atoms with van der Waals surface area (Å²) in [6, 6.07) is 15.6. The number of methoxy groups -OCH3 is 1. The number of carbonyl (C=O) groups is 2. The van der Waals surface area contributed by atoms with Gasteiger partial charge in [0, 0.05) is 68.0 Å². The van der Waals surface area contributed by atoms with Crippen molar-refractivity contribution in [2.24, 2.45) is 0 Å². The Morgan fingerprint density at radius 2 is 1.62 bits per heavy atom. The van der Waals surface area contributed by atoms with E-state index < -0.39 is 11.7 Å². The highest BCUT2D eigenvalue weighted by Gasteiger charge is 2.25. The van der Waals surface area contributed by atoms with E-state index in [1.807, 2.05) is 36.9 Å². The highest BCUT2D eigenvalue weighted by Crippen LogP contribution is 2.35. The molecule has 0 unspecified atom stereocenters.